The zero-order valence-corrected chi connectivity index (χ0v) is 26.0. The average Bonchev–Trinajstić information content (AvgIpc) is 3.75. The number of fused-ring (bicyclic) bond motifs is 1. The molecule has 1 aromatic heterocycles. The van der Waals surface area contributed by atoms with Gasteiger partial charge in [-0.15, -0.1) is 0 Å². The van der Waals surface area contributed by atoms with Crippen molar-refractivity contribution in [3.8, 4) is 0 Å². The van der Waals surface area contributed by atoms with Gasteiger partial charge in [-0.1, -0.05) is 49.7 Å². The minimum Gasteiger partial charge on any atom is -0.480 e. The van der Waals surface area contributed by atoms with E-state index in [1.54, 1.807) is 24.3 Å². The van der Waals surface area contributed by atoms with Gasteiger partial charge in [0, 0.05) is 37.6 Å². The van der Waals surface area contributed by atoms with E-state index in [1.807, 2.05) is 23.3 Å². The van der Waals surface area contributed by atoms with E-state index in [0.717, 1.165) is 37.1 Å². The molecule has 2 aromatic carbocycles. The third kappa shape index (κ3) is 7.41. The van der Waals surface area contributed by atoms with Gasteiger partial charge < -0.3 is 19.9 Å². The van der Waals surface area contributed by atoms with E-state index < -0.39 is 12.0 Å². The molecule has 2 aliphatic rings. The molecule has 0 bridgehead atoms. The van der Waals surface area contributed by atoms with Gasteiger partial charge in [-0.25, -0.2) is 9.78 Å². The number of carboxylic acid groups (broad SMARTS) is 1. The summed E-state index contributed by atoms with van der Waals surface area (Å²) < 4.78 is 2.06. The maximum Gasteiger partial charge on any atom is 0.326 e. The predicted octanol–water partition coefficient (Wildman–Crippen LogP) is 4.04. The number of hydrogen-bond donors (Lipinski definition) is 2. The molecule has 3 aromatic rings. The Morgan fingerprint density at radius 1 is 1.12 bits per heavy atom. The fourth-order valence-corrected chi connectivity index (χ4v) is 7.19. The summed E-state index contributed by atoms with van der Waals surface area (Å²) in [6, 6.07) is 13.5. The van der Waals surface area contributed by atoms with Crippen molar-refractivity contribution in [2.24, 2.45) is 5.92 Å². The lowest BCUT2D eigenvalue weighted by atomic mass is 9.96. The maximum absolute atomic E-state index is 13.8. The summed E-state index contributed by atoms with van der Waals surface area (Å²) in [7, 11) is 0. The number of carbonyl (C=O) groups is 3. The van der Waals surface area contributed by atoms with E-state index in [1.165, 1.54) is 10.8 Å². The number of hydrogen-bond acceptors (Lipinski definition) is 6. The van der Waals surface area contributed by atoms with Gasteiger partial charge in [0.05, 0.1) is 18.8 Å². The van der Waals surface area contributed by atoms with E-state index >= 15 is 0 Å². The van der Waals surface area contributed by atoms with E-state index in [9.17, 15) is 19.5 Å². The van der Waals surface area contributed by atoms with Crippen LogP contribution in [-0.2, 0) is 27.3 Å². The van der Waals surface area contributed by atoms with E-state index in [4.69, 9.17) is 0 Å². The average molecular weight is 606 g/mol. The van der Waals surface area contributed by atoms with E-state index in [-0.39, 0.29) is 30.3 Å². The van der Waals surface area contributed by atoms with Gasteiger partial charge in [-0.2, -0.15) is 11.8 Å². The lowest BCUT2D eigenvalue weighted by molar-refractivity contribution is -0.142. The summed E-state index contributed by atoms with van der Waals surface area (Å²) in [5, 5.41) is 14.8. The second-order valence-corrected chi connectivity index (χ2v) is 12.8. The Hall–Kier alpha value is -3.37. The van der Waals surface area contributed by atoms with Crippen molar-refractivity contribution in [1.29, 1.82) is 0 Å². The number of carboxylic acids is 1. The molecule has 0 radical (unpaired) electrons. The number of benzene rings is 2. The highest BCUT2D eigenvalue weighted by atomic mass is 32.2. The Balaban J connectivity index is 1.24. The van der Waals surface area contributed by atoms with Crippen LogP contribution in [0.15, 0.2) is 55.0 Å². The summed E-state index contributed by atoms with van der Waals surface area (Å²) in [5.41, 5.74) is 2.05. The number of nitrogens with one attached hydrogen (secondary N) is 1. The molecular weight excluding hydrogens is 562 g/mol. The number of aliphatic carboxylic acids is 1. The van der Waals surface area contributed by atoms with Crippen LogP contribution in [-0.4, -0.2) is 92.0 Å². The SMILES string of the molecule is CC[C@H]1CCN(C(=O)Cc2cncn2Cc2ccc3ccccc3c2)[C@@H]1CN1CCC[C@H]1C(=O)N[C@@H](CCSC)C(=O)O. The Morgan fingerprint density at radius 3 is 2.70 bits per heavy atom. The first-order chi connectivity index (χ1) is 20.9. The molecule has 0 aliphatic carbocycles. The van der Waals surface area contributed by atoms with Crippen LogP contribution in [0, 0.1) is 5.92 Å². The first kappa shape index (κ1) is 31.1. The molecule has 0 saturated carbocycles. The number of carbonyl (C=O) groups excluding carboxylic acids is 2. The highest BCUT2D eigenvalue weighted by molar-refractivity contribution is 7.98. The Kier molecular flexibility index (Phi) is 10.4. The lowest BCUT2D eigenvalue weighted by Gasteiger charge is -2.34. The summed E-state index contributed by atoms with van der Waals surface area (Å²) in [5.74, 6) is -0.0872. The Bertz CT molecular complexity index is 1430. The van der Waals surface area contributed by atoms with Gasteiger partial charge in [0.15, 0.2) is 0 Å². The predicted molar refractivity (Wildman–Crippen MR) is 170 cm³/mol. The molecule has 0 spiro atoms. The number of likely N-dealkylation sites (tertiary alicyclic amines) is 2. The van der Waals surface area contributed by atoms with Crippen molar-refractivity contribution in [3.63, 3.8) is 0 Å². The third-order valence-electron chi connectivity index (χ3n) is 9.14. The fourth-order valence-electron chi connectivity index (χ4n) is 6.72. The van der Waals surface area contributed by atoms with E-state index in [0.29, 0.717) is 44.1 Å². The number of amides is 2. The van der Waals surface area contributed by atoms with Gasteiger partial charge in [-0.05, 0) is 72.6 Å². The van der Waals surface area contributed by atoms with Gasteiger partial charge in [0.1, 0.15) is 6.04 Å². The Morgan fingerprint density at radius 2 is 1.93 bits per heavy atom. The summed E-state index contributed by atoms with van der Waals surface area (Å²) in [6.45, 7) is 4.92. The highest BCUT2D eigenvalue weighted by Gasteiger charge is 2.41. The van der Waals surface area contributed by atoms with Crippen LogP contribution in [0.25, 0.3) is 10.8 Å². The van der Waals surface area contributed by atoms with Crippen molar-refractivity contribution in [1.82, 2.24) is 24.7 Å². The van der Waals surface area contributed by atoms with E-state index in [2.05, 4.69) is 57.0 Å². The van der Waals surface area contributed by atoms with Crippen LogP contribution >= 0.6 is 11.8 Å². The zero-order valence-electron chi connectivity index (χ0n) is 25.2. The summed E-state index contributed by atoms with van der Waals surface area (Å²) in [4.78, 5) is 47.3. The van der Waals surface area contributed by atoms with Gasteiger partial charge >= 0.3 is 5.97 Å². The molecule has 9 nitrogen and oxygen atoms in total. The number of aromatic nitrogens is 2. The van der Waals surface area contributed by atoms with Crippen LogP contribution in [0.3, 0.4) is 0 Å². The second kappa shape index (κ2) is 14.4. The quantitative estimate of drug-likeness (QED) is 0.303. The second-order valence-electron chi connectivity index (χ2n) is 11.8. The molecule has 43 heavy (non-hydrogen) atoms. The molecule has 0 unspecified atom stereocenters. The third-order valence-corrected chi connectivity index (χ3v) is 9.78. The molecule has 2 aliphatic heterocycles. The zero-order chi connectivity index (χ0) is 30.3. The largest absolute Gasteiger partial charge is 0.480 e. The molecule has 3 heterocycles. The number of rotatable bonds is 13. The molecule has 5 rings (SSSR count). The topological polar surface area (TPSA) is 108 Å². The molecule has 10 heteroatoms. The monoisotopic (exact) mass is 605 g/mol. The number of imidazole rings is 1. The van der Waals surface area contributed by atoms with Gasteiger partial charge in [0.2, 0.25) is 11.8 Å². The summed E-state index contributed by atoms with van der Waals surface area (Å²) in [6.07, 6.45) is 9.69. The molecule has 2 saturated heterocycles. The fraction of sp³-hybridized carbons (Fsp3) is 0.515. The van der Waals surface area contributed by atoms with Crippen LogP contribution in [0.2, 0.25) is 0 Å². The van der Waals surface area contributed by atoms with Crippen LogP contribution in [0.4, 0.5) is 0 Å². The van der Waals surface area contributed by atoms with Crippen molar-refractivity contribution in [3.05, 3.63) is 66.2 Å². The standard InChI is InChI=1S/C33H43N5O4S/c1-3-24-12-15-38(30(24)21-36-14-6-9-29(36)32(40)35-28(33(41)42)13-16-43-2)31(39)18-27-19-34-22-37(27)20-23-10-11-25-7-4-5-8-26(25)17-23/h4-5,7-8,10-11,17,19,22,24,28-30H,3,6,9,12-16,18,20-21H2,1-2H3,(H,35,40)(H,41,42)/t24-,28-,29-,30+/m0/s1. The van der Waals surface area contributed by atoms with Crippen LogP contribution < -0.4 is 5.32 Å². The maximum atomic E-state index is 13.8. The van der Waals surface area contributed by atoms with Gasteiger partial charge in [0.25, 0.3) is 0 Å². The smallest absolute Gasteiger partial charge is 0.326 e. The lowest BCUT2D eigenvalue weighted by Crippen LogP contribution is -2.53. The molecule has 2 amide bonds. The minimum absolute atomic E-state index is 0.0227. The first-order valence-corrected chi connectivity index (χ1v) is 16.8. The molecule has 4 atom stereocenters. The van der Waals surface area contributed by atoms with Crippen molar-refractivity contribution < 1.29 is 19.5 Å². The number of nitrogens with zero attached hydrogens (tertiary/aromatic N) is 4. The van der Waals surface area contributed by atoms with Crippen LogP contribution in [0.1, 0.15) is 50.3 Å². The normalized spacial score (nSPS) is 21.3. The van der Waals surface area contributed by atoms with Gasteiger partial charge in [-0.3, -0.25) is 14.5 Å². The molecule has 230 valence electrons. The molecule has 2 fully saturated rings. The first-order valence-electron chi connectivity index (χ1n) is 15.4. The highest BCUT2D eigenvalue weighted by Crippen LogP contribution is 2.31. The molecule has 2 N–H and O–H groups in total. The van der Waals surface area contributed by atoms with Crippen molar-refractivity contribution in [2.45, 2.75) is 70.1 Å². The summed E-state index contributed by atoms with van der Waals surface area (Å²) >= 11 is 1.57. The number of thioether (sulfide) groups is 1. The van der Waals surface area contributed by atoms with Crippen LogP contribution in [0.5, 0.6) is 0 Å². The van der Waals surface area contributed by atoms with Crippen molar-refractivity contribution >= 4 is 40.3 Å². The minimum atomic E-state index is -0.995. The Labute approximate surface area is 258 Å². The molecular formula is C33H43N5O4S. The van der Waals surface area contributed by atoms with Crippen molar-refractivity contribution in [2.75, 3.05) is 31.6 Å².